The van der Waals surface area contributed by atoms with Gasteiger partial charge in [0.25, 0.3) is 0 Å². The molecule has 0 N–H and O–H groups in total. The summed E-state index contributed by atoms with van der Waals surface area (Å²) in [6, 6.07) is 12.3. The maximum atomic E-state index is 13.4. The lowest BCUT2D eigenvalue weighted by molar-refractivity contribution is -0.0498. The van der Waals surface area contributed by atoms with Crippen molar-refractivity contribution in [2.75, 3.05) is 13.1 Å². The average Bonchev–Trinajstić information content (AvgIpc) is 3.50. The highest BCUT2D eigenvalue weighted by Crippen LogP contribution is 2.38. The van der Waals surface area contributed by atoms with Gasteiger partial charge < -0.3 is 9.30 Å². The molecule has 3 aromatic rings. The summed E-state index contributed by atoms with van der Waals surface area (Å²) in [5.74, 6) is 1.11. The molecule has 36 heavy (non-hydrogen) atoms. The maximum absolute atomic E-state index is 13.4. The molecule has 2 heterocycles. The van der Waals surface area contributed by atoms with Crippen LogP contribution in [0.5, 0.6) is 5.75 Å². The van der Waals surface area contributed by atoms with Crippen molar-refractivity contribution in [1.82, 2.24) is 13.9 Å². The number of benzene rings is 2. The van der Waals surface area contributed by atoms with Crippen LogP contribution in [0, 0.1) is 5.92 Å². The molecule has 1 atom stereocenters. The minimum absolute atomic E-state index is 0.133. The normalized spacial score (nSPS) is 19.9. The summed E-state index contributed by atoms with van der Waals surface area (Å²) in [6.07, 6.45) is 6.42. The summed E-state index contributed by atoms with van der Waals surface area (Å²) >= 11 is 1.58. The first-order chi connectivity index (χ1) is 17.3. The van der Waals surface area contributed by atoms with Crippen LogP contribution in [0.3, 0.4) is 0 Å². The van der Waals surface area contributed by atoms with Crippen LogP contribution in [0.15, 0.2) is 52.5 Å². The topological polar surface area (TPSA) is 64.4 Å². The highest BCUT2D eigenvalue weighted by molar-refractivity contribution is 7.98. The van der Waals surface area contributed by atoms with E-state index in [-0.39, 0.29) is 5.75 Å². The van der Waals surface area contributed by atoms with Gasteiger partial charge in [0.15, 0.2) is 5.16 Å². The number of thioether (sulfide) groups is 1. The van der Waals surface area contributed by atoms with Gasteiger partial charge in [-0.2, -0.15) is 13.1 Å². The molecule has 10 heteroatoms. The largest absolute Gasteiger partial charge is 0.435 e. The van der Waals surface area contributed by atoms with Crippen LogP contribution in [0.1, 0.15) is 57.1 Å². The summed E-state index contributed by atoms with van der Waals surface area (Å²) in [5, 5.41) is 0.853. The van der Waals surface area contributed by atoms with Gasteiger partial charge in [0.05, 0.1) is 15.9 Å². The smallest absolute Gasteiger partial charge is 0.387 e. The van der Waals surface area contributed by atoms with Gasteiger partial charge in [-0.15, -0.1) is 0 Å². The fraction of sp³-hybridized carbons (Fsp3) is 0.500. The first-order valence-corrected chi connectivity index (χ1v) is 14.9. The number of fused-ring (bicyclic) bond motifs is 1. The number of imidazole rings is 1. The molecule has 2 fully saturated rings. The third-order valence-corrected chi connectivity index (χ3v) is 9.98. The standard InChI is InChI=1S/C26H31F2N3O3S2/c1-18-5-4-14-30(16-18)36(32,33)22-12-13-24-23(15-22)29-26(31(24)20-6-2-3-7-20)35-17-19-8-10-21(11-9-19)34-25(27)28/h8-13,15,18,20,25H,2-7,14,16-17H2,1H3/t18-/m1/s1. The molecule has 1 saturated carbocycles. The number of rotatable bonds is 8. The Hall–Kier alpha value is -2.17. The molecule has 1 aromatic heterocycles. The monoisotopic (exact) mass is 535 g/mol. The molecular weight excluding hydrogens is 504 g/mol. The van der Waals surface area contributed by atoms with Crippen LogP contribution in [0.25, 0.3) is 11.0 Å². The van der Waals surface area contributed by atoms with E-state index in [0.29, 0.717) is 41.2 Å². The number of halogens is 2. The predicted molar refractivity (Wildman–Crippen MR) is 137 cm³/mol. The van der Waals surface area contributed by atoms with E-state index >= 15 is 0 Å². The fourth-order valence-electron chi connectivity index (χ4n) is 5.26. The lowest BCUT2D eigenvalue weighted by atomic mass is 10.0. The number of sulfonamides is 1. The molecular formula is C26H31F2N3O3S2. The summed E-state index contributed by atoms with van der Waals surface area (Å²) in [4.78, 5) is 5.18. The minimum Gasteiger partial charge on any atom is -0.435 e. The zero-order valence-corrected chi connectivity index (χ0v) is 21.9. The molecule has 194 valence electrons. The molecule has 0 bridgehead atoms. The average molecular weight is 536 g/mol. The third kappa shape index (κ3) is 5.40. The number of alkyl halides is 2. The van der Waals surface area contributed by atoms with E-state index < -0.39 is 16.6 Å². The van der Waals surface area contributed by atoms with E-state index in [1.807, 2.05) is 6.07 Å². The molecule has 2 aliphatic rings. The first-order valence-electron chi connectivity index (χ1n) is 12.5. The van der Waals surface area contributed by atoms with E-state index in [1.54, 1.807) is 52.5 Å². The number of piperidine rings is 1. The zero-order valence-electron chi connectivity index (χ0n) is 20.3. The van der Waals surface area contributed by atoms with E-state index in [1.165, 1.54) is 12.8 Å². The van der Waals surface area contributed by atoms with Crippen molar-refractivity contribution in [1.29, 1.82) is 0 Å². The zero-order chi connectivity index (χ0) is 25.3. The second-order valence-corrected chi connectivity index (χ2v) is 12.7. The summed E-state index contributed by atoms with van der Waals surface area (Å²) in [6.45, 7) is 0.364. The predicted octanol–water partition coefficient (Wildman–Crippen LogP) is 6.47. The number of ether oxygens (including phenoxy) is 1. The molecule has 1 saturated heterocycles. The second kappa shape index (κ2) is 10.7. The Kier molecular flexibility index (Phi) is 7.55. The van der Waals surface area contributed by atoms with Crippen molar-refractivity contribution < 1.29 is 21.9 Å². The van der Waals surface area contributed by atoms with Crippen molar-refractivity contribution in [3.05, 3.63) is 48.0 Å². The van der Waals surface area contributed by atoms with Gasteiger partial charge >= 0.3 is 6.61 Å². The summed E-state index contributed by atoms with van der Waals surface area (Å²) in [7, 11) is -3.57. The lowest BCUT2D eigenvalue weighted by Gasteiger charge is -2.30. The van der Waals surface area contributed by atoms with Crippen LogP contribution in [0.4, 0.5) is 8.78 Å². The van der Waals surface area contributed by atoms with Crippen LogP contribution in [0.2, 0.25) is 0 Å². The maximum Gasteiger partial charge on any atom is 0.387 e. The van der Waals surface area contributed by atoms with Crippen LogP contribution < -0.4 is 4.74 Å². The SMILES string of the molecule is C[C@@H]1CCCN(S(=O)(=O)c2ccc3c(c2)nc(SCc2ccc(OC(F)F)cc2)n3C2CCCC2)C1. The van der Waals surface area contributed by atoms with Crippen molar-refractivity contribution in [3.8, 4) is 5.75 Å². The van der Waals surface area contributed by atoms with Crippen molar-refractivity contribution >= 4 is 32.8 Å². The Labute approximate surface area is 215 Å². The Morgan fingerprint density at radius 1 is 1.08 bits per heavy atom. The van der Waals surface area contributed by atoms with E-state index in [9.17, 15) is 17.2 Å². The highest BCUT2D eigenvalue weighted by Gasteiger charge is 2.30. The first kappa shape index (κ1) is 25.5. The van der Waals surface area contributed by atoms with Gasteiger partial charge in [0, 0.05) is 24.9 Å². The van der Waals surface area contributed by atoms with Gasteiger partial charge in [-0.05, 0) is 67.5 Å². The summed E-state index contributed by atoms with van der Waals surface area (Å²) in [5.41, 5.74) is 2.61. The molecule has 6 nitrogen and oxygen atoms in total. The van der Waals surface area contributed by atoms with Gasteiger partial charge in [-0.25, -0.2) is 13.4 Å². The number of hydrogen-bond acceptors (Lipinski definition) is 5. The Balaban J connectivity index is 1.42. The number of hydrogen-bond donors (Lipinski definition) is 0. The second-order valence-electron chi connectivity index (χ2n) is 9.77. The molecule has 1 aliphatic carbocycles. The third-order valence-electron chi connectivity index (χ3n) is 7.09. The highest BCUT2D eigenvalue weighted by atomic mass is 32.2. The lowest BCUT2D eigenvalue weighted by Crippen LogP contribution is -2.39. The van der Waals surface area contributed by atoms with Gasteiger partial charge in [-0.1, -0.05) is 43.7 Å². The van der Waals surface area contributed by atoms with Crippen LogP contribution >= 0.6 is 11.8 Å². The van der Waals surface area contributed by atoms with E-state index in [4.69, 9.17) is 4.98 Å². The minimum atomic E-state index is -3.57. The fourth-order valence-corrected chi connectivity index (χ4v) is 7.92. The van der Waals surface area contributed by atoms with E-state index in [2.05, 4.69) is 16.2 Å². The van der Waals surface area contributed by atoms with E-state index in [0.717, 1.165) is 41.9 Å². The summed E-state index contributed by atoms with van der Waals surface area (Å²) < 4.78 is 59.9. The van der Waals surface area contributed by atoms with Crippen molar-refractivity contribution in [3.63, 3.8) is 0 Å². The quantitative estimate of drug-likeness (QED) is 0.310. The molecule has 0 unspecified atom stereocenters. The van der Waals surface area contributed by atoms with Gasteiger partial charge in [0.1, 0.15) is 5.75 Å². The van der Waals surface area contributed by atoms with Crippen molar-refractivity contribution in [2.45, 2.75) is 73.9 Å². The molecule has 0 amide bonds. The van der Waals surface area contributed by atoms with Crippen LogP contribution in [-0.2, 0) is 15.8 Å². The number of aromatic nitrogens is 2. The molecule has 2 aromatic carbocycles. The number of nitrogens with zero attached hydrogens (tertiary/aromatic N) is 3. The van der Waals surface area contributed by atoms with Gasteiger partial charge in [-0.3, -0.25) is 0 Å². The Bertz CT molecular complexity index is 1310. The Morgan fingerprint density at radius 2 is 1.83 bits per heavy atom. The molecule has 5 rings (SSSR count). The van der Waals surface area contributed by atoms with Gasteiger partial charge in [0.2, 0.25) is 10.0 Å². The Morgan fingerprint density at radius 3 is 2.53 bits per heavy atom. The molecule has 0 spiro atoms. The van der Waals surface area contributed by atoms with Crippen LogP contribution in [-0.4, -0.2) is 42.0 Å². The van der Waals surface area contributed by atoms with Crippen molar-refractivity contribution in [2.24, 2.45) is 5.92 Å². The molecule has 1 aliphatic heterocycles. The molecule has 0 radical (unpaired) electrons.